The molecule has 0 saturated heterocycles. The number of benzene rings is 1. The Balaban J connectivity index is 1.98. The summed E-state index contributed by atoms with van der Waals surface area (Å²) >= 11 is 0. The lowest BCUT2D eigenvalue weighted by Crippen LogP contribution is -2.23. The molecule has 0 spiro atoms. The summed E-state index contributed by atoms with van der Waals surface area (Å²) in [5.41, 5.74) is 1.43. The third-order valence-electron chi connectivity index (χ3n) is 3.34. The van der Waals surface area contributed by atoms with Gasteiger partial charge in [-0.25, -0.2) is 0 Å². The maximum atomic E-state index is 3.42. The average Bonchev–Trinajstić information content (AvgIpc) is 2.18. The lowest BCUT2D eigenvalue weighted by Gasteiger charge is -2.29. The number of nitrogens with one attached hydrogen (secondary N) is 1. The SMILES string of the molecule is CNC(CC1CCC1)c1ccccc1. The van der Waals surface area contributed by atoms with Crippen LogP contribution in [0.1, 0.15) is 37.3 Å². The Morgan fingerprint density at radius 2 is 2.00 bits per heavy atom. The molecule has 76 valence electrons. The van der Waals surface area contributed by atoms with Crippen LogP contribution in [0.4, 0.5) is 0 Å². The zero-order valence-corrected chi connectivity index (χ0v) is 8.87. The summed E-state index contributed by atoms with van der Waals surface area (Å²) in [5.74, 6) is 0.965. The third-order valence-corrected chi connectivity index (χ3v) is 3.34. The zero-order chi connectivity index (χ0) is 9.80. The molecular weight excluding hydrogens is 170 g/mol. The van der Waals surface area contributed by atoms with Crippen molar-refractivity contribution in [3.05, 3.63) is 35.9 Å². The maximum absolute atomic E-state index is 3.42. The standard InChI is InChI=1S/C13H19N/c1-14-13(10-11-6-5-7-11)12-8-3-2-4-9-12/h2-4,8-9,11,13-14H,5-7,10H2,1H3. The van der Waals surface area contributed by atoms with E-state index in [0.29, 0.717) is 6.04 Å². The van der Waals surface area contributed by atoms with Gasteiger partial charge >= 0.3 is 0 Å². The minimum absolute atomic E-state index is 0.557. The van der Waals surface area contributed by atoms with E-state index in [4.69, 9.17) is 0 Å². The molecule has 0 radical (unpaired) electrons. The van der Waals surface area contributed by atoms with Crippen LogP contribution in [0.15, 0.2) is 30.3 Å². The second-order valence-corrected chi connectivity index (χ2v) is 4.28. The molecule has 1 heteroatoms. The molecule has 0 heterocycles. The summed E-state index contributed by atoms with van der Waals surface area (Å²) in [6.07, 6.45) is 5.62. The van der Waals surface area contributed by atoms with Crippen LogP contribution in [0.5, 0.6) is 0 Å². The molecule has 2 rings (SSSR count). The summed E-state index contributed by atoms with van der Waals surface area (Å²) < 4.78 is 0. The second kappa shape index (κ2) is 4.61. The van der Waals surface area contributed by atoms with Gasteiger partial charge in [-0.1, -0.05) is 49.6 Å². The fraction of sp³-hybridized carbons (Fsp3) is 0.538. The molecule has 1 fully saturated rings. The zero-order valence-electron chi connectivity index (χ0n) is 8.87. The van der Waals surface area contributed by atoms with E-state index in [-0.39, 0.29) is 0 Å². The summed E-state index contributed by atoms with van der Waals surface area (Å²) in [5, 5.41) is 3.42. The molecule has 0 aromatic heterocycles. The van der Waals surface area contributed by atoms with Crippen LogP contribution < -0.4 is 5.32 Å². The van der Waals surface area contributed by atoms with E-state index in [9.17, 15) is 0 Å². The van der Waals surface area contributed by atoms with E-state index < -0.39 is 0 Å². The van der Waals surface area contributed by atoms with Crippen LogP contribution in [0.2, 0.25) is 0 Å². The lowest BCUT2D eigenvalue weighted by molar-refractivity contribution is 0.265. The first-order chi connectivity index (χ1) is 6.90. The first-order valence-electron chi connectivity index (χ1n) is 5.62. The average molecular weight is 189 g/mol. The van der Waals surface area contributed by atoms with E-state index in [2.05, 4.69) is 42.7 Å². The van der Waals surface area contributed by atoms with Crippen molar-refractivity contribution >= 4 is 0 Å². The van der Waals surface area contributed by atoms with Crippen LogP contribution in [-0.2, 0) is 0 Å². The van der Waals surface area contributed by atoms with Crippen molar-refractivity contribution in [1.29, 1.82) is 0 Å². The minimum atomic E-state index is 0.557. The van der Waals surface area contributed by atoms with Gasteiger partial charge in [0.1, 0.15) is 0 Å². The summed E-state index contributed by atoms with van der Waals surface area (Å²) in [4.78, 5) is 0. The lowest BCUT2D eigenvalue weighted by atomic mass is 9.79. The smallest absolute Gasteiger partial charge is 0.0320 e. The predicted molar refractivity (Wildman–Crippen MR) is 60.2 cm³/mol. The van der Waals surface area contributed by atoms with Gasteiger partial charge in [-0.3, -0.25) is 0 Å². The van der Waals surface area contributed by atoms with Crippen LogP contribution >= 0.6 is 0 Å². The van der Waals surface area contributed by atoms with Gasteiger partial charge in [-0.15, -0.1) is 0 Å². The normalized spacial score (nSPS) is 18.9. The van der Waals surface area contributed by atoms with Gasteiger partial charge in [0.25, 0.3) is 0 Å². The van der Waals surface area contributed by atoms with Gasteiger partial charge in [0.2, 0.25) is 0 Å². The maximum Gasteiger partial charge on any atom is 0.0320 e. The molecule has 1 N–H and O–H groups in total. The van der Waals surface area contributed by atoms with Gasteiger partial charge in [0, 0.05) is 6.04 Å². The summed E-state index contributed by atoms with van der Waals surface area (Å²) in [7, 11) is 2.07. The Morgan fingerprint density at radius 3 is 2.50 bits per heavy atom. The van der Waals surface area contributed by atoms with Gasteiger partial charge in [-0.2, -0.15) is 0 Å². The molecule has 1 unspecified atom stereocenters. The molecule has 1 aliphatic rings. The molecule has 1 aliphatic carbocycles. The van der Waals surface area contributed by atoms with E-state index in [1.807, 2.05) is 0 Å². The first-order valence-corrected chi connectivity index (χ1v) is 5.62. The fourth-order valence-electron chi connectivity index (χ4n) is 2.17. The first kappa shape index (κ1) is 9.72. The van der Waals surface area contributed by atoms with Gasteiger partial charge < -0.3 is 5.32 Å². The monoisotopic (exact) mass is 189 g/mol. The summed E-state index contributed by atoms with van der Waals surface area (Å²) in [6, 6.07) is 11.3. The Bertz CT molecular complexity index is 264. The molecular formula is C13H19N. The molecule has 1 aromatic carbocycles. The van der Waals surface area contributed by atoms with Crippen LogP contribution in [-0.4, -0.2) is 7.05 Å². The quantitative estimate of drug-likeness (QED) is 0.767. The third kappa shape index (κ3) is 2.16. The molecule has 0 aliphatic heterocycles. The Kier molecular flexibility index (Phi) is 3.20. The highest BCUT2D eigenvalue weighted by molar-refractivity contribution is 5.18. The molecule has 0 bridgehead atoms. The highest BCUT2D eigenvalue weighted by Crippen LogP contribution is 2.34. The van der Waals surface area contributed by atoms with Gasteiger partial charge in [0.15, 0.2) is 0 Å². The Labute approximate surface area is 86.5 Å². The van der Waals surface area contributed by atoms with E-state index in [1.54, 1.807) is 0 Å². The largest absolute Gasteiger partial charge is 0.313 e. The van der Waals surface area contributed by atoms with E-state index in [1.165, 1.54) is 31.2 Å². The molecule has 1 atom stereocenters. The molecule has 1 nitrogen and oxygen atoms in total. The van der Waals surface area contributed by atoms with Crippen LogP contribution in [0.3, 0.4) is 0 Å². The Morgan fingerprint density at radius 1 is 1.29 bits per heavy atom. The van der Waals surface area contributed by atoms with Crippen molar-refractivity contribution in [1.82, 2.24) is 5.32 Å². The fourth-order valence-corrected chi connectivity index (χ4v) is 2.17. The van der Waals surface area contributed by atoms with Crippen molar-refractivity contribution < 1.29 is 0 Å². The minimum Gasteiger partial charge on any atom is -0.313 e. The van der Waals surface area contributed by atoms with Crippen molar-refractivity contribution in [3.8, 4) is 0 Å². The number of rotatable bonds is 4. The molecule has 1 aromatic rings. The molecule has 14 heavy (non-hydrogen) atoms. The van der Waals surface area contributed by atoms with Crippen molar-refractivity contribution in [3.63, 3.8) is 0 Å². The predicted octanol–water partition coefficient (Wildman–Crippen LogP) is 3.14. The Hall–Kier alpha value is -0.820. The van der Waals surface area contributed by atoms with Crippen LogP contribution in [0.25, 0.3) is 0 Å². The van der Waals surface area contributed by atoms with Gasteiger partial charge in [0.05, 0.1) is 0 Å². The highest BCUT2D eigenvalue weighted by atomic mass is 14.9. The van der Waals surface area contributed by atoms with Crippen molar-refractivity contribution in [2.24, 2.45) is 5.92 Å². The van der Waals surface area contributed by atoms with E-state index >= 15 is 0 Å². The van der Waals surface area contributed by atoms with Crippen molar-refractivity contribution in [2.75, 3.05) is 7.05 Å². The molecule has 1 saturated carbocycles. The highest BCUT2D eigenvalue weighted by Gasteiger charge is 2.21. The van der Waals surface area contributed by atoms with Gasteiger partial charge in [-0.05, 0) is 24.9 Å². The van der Waals surface area contributed by atoms with Crippen LogP contribution in [0, 0.1) is 5.92 Å². The van der Waals surface area contributed by atoms with Crippen molar-refractivity contribution in [2.45, 2.75) is 31.7 Å². The number of hydrogen-bond acceptors (Lipinski definition) is 1. The second-order valence-electron chi connectivity index (χ2n) is 4.28. The summed E-state index contributed by atoms with van der Waals surface area (Å²) in [6.45, 7) is 0. The number of hydrogen-bond donors (Lipinski definition) is 1. The topological polar surface area (TPSA) is 12.0 Å². The van der Waals surface area contributed by atoms with E-state index in [0.717, 1.165) is 5.92 Å². The molecule has 0 amide bonds.